The number of halogens is 1. The number of hydrogen-bond acceptors (Lipinski definition) is 4. The van der Waals surface area contributed by atoms with Crippen LogP contribution in [0.25, 0.3) is 0 Å². The van der Waals surface area contributed by atoms with E-state index in [4.69, 9.17) is 0 Å². The summed E-state index contributed by atoms with van der Waals surface area (Å²) in [5, 5.41) is 11.3. The molecule has 0 amide bonds. The van der Waals surface area contributed by atoms with Crippen LogP contribution in [0.3, 0.4) is 0 Å². The maximum atomic E-state index is 13.2. The molecule has 3 aromatic rings. The summed E-state index contributed by atoms with van der Waals surface area (Å²) in [5.41, 5.74) is -0.0482. The summed E-state index contributed by atoms with van der Waals surface area (Å²) in [6, 6.07) is 22.0. The van der Waals surface area contributed by atoms with Gasteiger partial charge in [-0.3, -0.25) is 0 Å². The number of hydrogen-bond donors (Lipinski definition) is 1. The molecule has 0 atom stereocenters. The molecule has 0 spiro atoms. The molecule has 0 saturated carbocycles. The number of aromatic carboxylic acids is 1. The van der Waals surface area contributed by atoms with Crippen LogP contribution in [0.2, 0.25) is 0 Å². The lowest BCUT2D eigenvalue weighted by Crippen LogP contribution is -2.23. The summed E-state index contributed by atoms with van der Waals surface area (Å²) in [4.78, 5) is 11.4. The molecule has 0 heterocycles. The Bertz CT molecular complexity index is 1020. The van der Waals surface area contributed by atoms with E-state index in [9.17, 15) is 22.2 Å². The molecule has 0 fully saturated rings. The SMILES string of the molecule is O=C(O)c1ccc(OS(=O)(=O)F)c(P(c2ccccc2)c2ccccc2)c1. The highest BCUT2D eigenvalue weighted by molar-refractivity contribution is 7.82. The lowest BCUT2D eigenvalue weighted by Gasteiger charge is -2.21. The zero-order chi connectivity index (χ0) is 19.4. The maximum Gasteiger partial charge on any atom is 0.488 e. The first kappa shape index (κ1) is 19.0. The van der Waals surface area contributed by atoms with E-state index < -0.39 is 24.4 Å². The first-order valence-electron chi connectivity index (χ1n) is 7.77. The monoisotopic (exact) mass is 404 g/mol. The highest BCUT2D eigenvalue weighted by Crippen LogP contribution is 2.37. The van der Waals surface area contributed by atoms with Crippen molar-refractivity contribution < 1.29 is 26.4 Å². The molecule has 0 unspecified atom stereocenters. The van der Waals surface area contributed by atoms with Crippen molar-refractivity contribution in [2.24, 2.45) is 0 Å². The Morgan fingerprint density at radius 3 is 1.85 bits per heavy atom. The third-order valence-corrected chi connectivity index (χ3v) is 6.50. The normalized spacial score (nSPS) is 11.3. The van der Waals surface area contributed by atoms with E-state index in [0.29, 0.717) is 5.30 Å². The van der Waals surface area contributed by atoms with Gasteiger partial charge in [0, 0.05) is 5.30 Å². The van der Waals surface area contributed by atoms with Gasteiger partial charge in [-0.1, -0.05) is 64.5 Å². The summed E-state index contributed by atoms with van der Waals surface area (Å²) in [5.74, 6) is -1.41. The average molecular weight is 404 g/mol. The summed E-state index contributed by atoms with van der Waals surface area (Å²) in [6.45, 7) is 0. The lowest BCUT2D eigenvalue weighted by atomic mass is 10.2. The maximum absolute atomic E-state index is 13.2. The highest BCUT2D eigenvalue weighted by Gasteiger charge is 2.24. The Balaban J connectivity index is 2.27. The Morgan fingerprint density at radius 1 is 0.889 bits per heavy atom. The van der Waals surface area contributed by atoms with Crippen molar-refractivity contribution in [2.75, 3.05) is 0 Å². The van der Waals surface area contributed by atoms with Crippen molar-refractivity contribution in [2.45, 2.75) is 0 Å². The van der Waals surface area contributed by atoms with Crippen molar-refractivity contribution in [1.82, 2.24) is 0 Å². The van der Waals surface area contributed by atoms with Gasteiger partial charge in [-0.15, -0.1) is 0 Å². The van der Waals surface area contributed by atoms with Gasteiger partial charge >= 0.3 is 16.5 Å². The predicted octanol–water partition coefficient (Wildman–Crippen LogP) is 2.74. The zero-order valence-corrected chi connectivity index (χ0v) is 15.5. The van der Waals surface area contributed by atoms with Crippen LogP contribution in [-0.2, 0) is 10.5 Å². The Morgan fingerprint density at radius 2 is 1.41 bits per heavy atom. The van der Waals surface area contributed by atoms with E-state index in [2.05, 4.69) is 4.18 Å². The van der Waals surface area contributed by atoms with Gasteiger partial charge in [0.2, 0.25) is 0 Å². The highest BCUT2D eigenvalue weighted by atomic mass is 32.3. The van der Waals surface area contributed by atoms with Gasteiger partial charge in [-0.05, 0) is 36.7 Å². The molecule has 0 aliphatic rings. The molecular formula is C19H14FO5PS. The number of carboxylic acids is 1. The molecule has 0 aliphatic carbocycles. The molecule has 5 nitrogen and oxygen atoms in total. The van der Waals surface area contributed by atoms with Gasteiger partial charge in [-0.25, -0.2) is 4.79 Å². The minimum absolute atomic E-state index is 0.0482. The van der Waals surface area contributed by atoms with Gasteiger partial charge in [0.1, 0.15) is 0 Å². The third-order valence-electron chi connectivity index (χ3n) is 3.66. The van der Waals surface area contributed by atoms with Crippen LogP contribution >= 0.6 is 7.92 Å². The van der Waals surface area contributed by atoms with E-state index in [1.165, 1.54) is 12.1 Å². The number of benzene rings is 3. The molecule has 1 N–H and O–H groups in total. The first-order valence-corrected chi connectivity index (χ1v) is 10.4. The van der Waals surface area contributed by atoms with Crippen molar-refractivity contribution in [3.05, 3.63) is 84.4 Å². The Labute approximate surface area is 157 Å². The van der Waals surface area contributed by atoms with Gasteiger partial charge < -0.3 is 9.29 Å². The Kier molecular flexibility index (Phi) is 5.54. The van der Waals surface area contributed by atoms with E-state index in [1.54, 1.807) is 0 Å². The predicted molar refractivity (Wildman–Crippen MR) is 103 cm³/mol. The number of carbonyl (C=O) groups is 1. The number of rotatable bonds is 6. The van der Waals surface area contributed by atoms with Crippen LogP contribution in [0.15, 0.2) is 78.9 Å². The minimum Gasteiger partial charge on any atom is -0.478 e. The van der Waals surface area contributed by atoms with Gasteiger partial charge in [0.15, 0.2) is 5.75 Å². The minimum atomic E-state index is -5.27. The molecule has 0 aromatic heterocycles. The number of carboxylic acid groups (broad SMARTS) is 1. The van der Waals surface area contributed by atoms with Gasteiger partial charge in [-0.2, -0.15) is 8.42 Å². The molecule has 0 saturated heterocycles. The zero-order valence-electron chi connectivity index (χ0n) is 13.8. The van der Waals surface area contributed by atoms with E-state index in [0.717, 1.165) is 16.7 Å². The van der Waals surface area contributed by atoms with Crippen LogP contribution in [0.5, 0.6) is 5.75 Å². The summed E-state index contributed by atoms with van der Waals surface area (Å²) in [7, 11) is -6.65. The molecule has 0 aliphatic heterocycles. The van der Waals surface area contributed by atoms with E-state index in [-0.39, 0.29) is 11.3 Å². The standard InChI is InChI=1S/C19H14FO5PS/c20-27(23,24)25-17-12-11-14(19(21)22)13-18(17)26(15-7-3-1-4-8-15)16-9-5-2-6-10-16/h1-13H,(H,21,22). The molecule has 27 heavy (non-hydrogen) atoms. The molecule has 138 valence electrons. The second-order valence-electron chi connectivity index (χ2n) is 5.47. The third kappa shape index (κ3) is 4.70. The molecule has 0 radical (unpaired) electrons. The van der Waals surface area contributed by atoms with Crippen molar-refractivity contribution >= 4 is 40.3 Å². The smallest absolute Gasteiger partial charge is 0.478 e. The van der Waals surface area contributed by atoms with Crippen LogP contribution in [0.4, 0.5) is 3.89 Å². The van der Waals surface area contributed by atoms with Crippen molar-refractivity contribution in [1.29, 1.82) is 0 Å². The average Bonchev–Trinajstić information content (AvgIpc) is 2.64. The van der Waals surface area contributed by atoms with Crippen molar-refractivity contribution in [3.8, 4) is 5.75 Å². The summed E-state index contributed by atoms with van der Waals surface area (Å²) < 4.78 is 39.9. The van der Waals surface area contributed by atoms with Crippen LogP contribution in [0, 0.1) is 0 Å². The second-order valence-corrected chi connectivity index (χ2v) is 8.61. The first-order chi connectivity index (χ1) is 12.8. The molecule has 8 heteroatoms. The summed E-state index contributed by atoms with van der Waals surface area (Å²) >= 11 is 0. The largest absolute Gasteiger partial charge is 0.488 e. The lowest BCUT2D eigenvalue weighted by molar-refractivity contribution is 0.0697. The Hall–Kier alpha value is -2.76. The van der Waals surface area contributed by atoms with Crippen LogP contribution < -0.4 is 20.1 Å². The fourth-order valence-electron chi connectivity index (χ4n) is 2.58. The summed E-state index contributed by atoms with van der Waals surface area (Å²) in [6.07, 6.45) is 0. The topological polar surface area (TPSA) is 80.7 Å². The van der Waals surface area contributed by atoms with Gasteiger partial charge in [0.25, 0.3) is 0 Å². The van der Waals surface area contributed by atoms with E-state index >= 15 is 0 Å². The van der Waals surface area contributed by atoms with Crippen molar-refractivity contribution in [3.63, 3.8) is 0 Å². The van der Waals surface area contributed by atoms with E-state index in [1.807, 2.05) is 60.7 Å². The molecule has 3 aromatic carbocycles. The quantitative estimate of drug-likeness (QED) is 0.505. The van der Waals surface area contributed by atoms with Gasteiger partial charge in [0.05, 0.1) is 5.56 Å². The van der Waals surface area contributed by atoms with Crippen LogP contribution in [-0.4, -0.2) is 19.5 Å². The molecule has 0 bridgehead atoms. The fraction of sp³-hybridized carbons (Fsp3) is 0. The molecule has 3 rings (SSSR count). The fourth-order valence-corrected chi connectivity index (χ4v) is 5.41. The van der Waals surface area contributed by atoms with Crippen LogP contribution in [0.1, 0.15) is 10.4 Å². The molecular weight excluding hydrogens is 390 g/mol. The second kappa shape index (κ2) is 7.86.